The molecule has 0 spiro atoms. The van der Waals surface area contributed by atoms with Gasteiger partial charge in [-0.15, -0.1) is 0 Å². The molecular weight excluding hydrogens is 493 g/mol. The molecule has 0 N–H and O–H groups in total. The van der Waals surface area contributed by atoms with Crippen LogP contribution in [-0.2, 0) is 0 Å². The summed E-state index contributed by atoms with van der Waals surface area (Å²) in [6.45, 7) is 0. The third-order valence-corrected chi connectivity index (χ3v) is 6.95. The quantitative estimate of drug-likeness (QED) is 0.280. The number of halogens is 2. The molecule has 3 aromatic carbocycles. The summed E-state index contributed by atoms with van der Waals surface area (Å²) in [5, 5.41) is 11.9. The topological polar surface area (TPSA) is 77.5 Å². The largest absolute Gasteiger partial charge is 0.288 e. The third kappa shape index (κ3) is 4.21. The van der Waals surface area contributed by atoms with Crippen LogP contribution in [-0.4, -0.2) is 9.49 Å². The van der Waals surface area contributed by atoms with E-state index in [4.69, 9.17) is 28.2 Å². The molecule has 0 bridgehead atoms. The van der Waals surface area contributed by atoms with Crippen molar-refractivity contribution in [1.82, 2.24) is 4.57 Å². The normalized spacial score (nSPS) is 15.4. The van der Waals surface area contributed by atoms with Crippen molar-refractivity contribution in [2.24, 2.45) is 4.99 Å². The number of fused-ring (bicyclic) bond motifs is 1. The van der Waals surface area contributed by atoms with Gasteiger partial charge in [-0.1, -0.05) is 83.1 Å². The van der Waals surface area contributed by atoms with Crippen LogP contribution in [0.25, 0.3) is 11.8 Å². The van der Waals surface area contributed by atoms with Gasteiger partial charge in [0.15, 0.2) is 4.80 Å². The van der Waals surface area contributed by atoms with Gasteiger partial charge in [0.2, 0.25) is 0 Å². The minimum atomic E-state index is -0.548. The van der Waals surface area contributed by atoms with Gasteiger partial charge in [0.1, 0.15) is 5.02 Å². The van der Waals surface area contributed by atoms with E-state index in [1.807, 2.05) is 48.5 Å². The molecule has 2 heterocycles. The Bertz CT molecular complexity index is 1620. The van der Waals surface area contributed by atoms with Gasteiger partial charge >= 0.3 is 0 Å². The van der Waals surface area contributed by atoms with Crippen LogP contribution in [0.2, 0.25) is 10.0 Å². The molecule has 0 aliphatic carbocycles. The van der Waals surface area contributed by atoms with Gasteiger partial charge in [-0.3, -0.25) is 19.5 Å². The molecule has 0 saturated carbocycles. The second-order valence-corrected chi connectivity index (χ2v) is 9.42. The summed E-state index contributed by atoms with van der Waals surface area (Å²) in [5.41, 5.74) is 2.65. The van der Waals surface area contributed by atoms with Crippen molar-refractivity contribution in [2.75, 3.05) is 0 Å². The van der Waals surface area contributed by atoms with Crippen molar-refractivity contribution in [1.29, 1.82) is 0 Å². The maximum absolute atomic E-state index is 13.5. The summed E-state index contributed by atoms with van der Waals surface area (Å²) in [5.74, 6) is 0. The SMILES string of the molecule is O=c1c(=Cc2ccc(Cl)c([N+](=O)[O-])c2)sc2n1C(c1ccc(Cl)cc1)C=C(c1ccccc1)N=2. The van der Waals surface area contributed by atoms with Crippen LogP contribution in [0.4, 0.5) is 5.69 Å². The summed E-state index contributed by atoms with van der Waals surface area (Å²) in [7, 11) is 0. The first-order chi connectivity index (χ1) is 16.4. The van der Waals surface area contributed by atoms with Gasteiger partial charge in [-0.2, -0.15) is 0 Å². The fourth-order valence-electron chi connectivity index (χ4n) is 3.76. The van der Waals surface area contributed by atoms with Gasteiger partial charge in [0.05, 0.1) is 21.2 Å². The molecule has 5 rings (SSSR count). The van der Waals surface area contributed by atoms with Crippen LogP contribution in [0.15, 0.2) is 88.7 Å². The van der Waals surface area contributed by atoms with Gasteiger partial charge in [-0.25, -0.2) is 4.99 Å². The number of hydrogen-bond donors (Lipinski definition) is 0. The lowest BCUT2D eigenvalue weighted by molar-refractivity contribution is -0.384. The molecule has 0 radical (unpaired) electrons. The lowest BCUT2D eigenvalue weighted by Gasteiger charge is -2.19. The van der Waals surface area contributed by atoms with Crippen LogP contribution in [0.1, 0.15) is 22.7 Å². The Hall–Kier alpha value is -3.52. The summed E-state index contributed by atoms with van der Waals surface area (Å²) in [6.07, 6.45) is 3.58. The fraction of sp³-hybridized carbons (Fsp3) is 0.0400. The lowest BCUT2D eigenvalue weighted by Crippen LogP contribution is -2.36. The Morgan fingerprint density at radius 2 is 1.76 bits per heavy atom. The summed E-state index contributed by atoms with van der Waals surface area (Å²) in [6, 6.07) is 21.1. The second kappa shape index (κ2) is 9.02. The van der Waals surface area contributed by atoms with Crippen LogP contribution in [0.3, 0.4) is 0 Å². The third-order valence-electron chi connectivity index (χ3n) is 5.39. The van der Waals surface area contributed by atoms with Crippen molar-refractivity contribution in [3.05, 3.63) is 135 Å². The molecular formula is C25H15Cl2N3O3S. The Labute approximate surface area is 207 Å². The zero-order chi connectivity index (χ0) is 23.8. The highest BCUT2D eigenvalue weighted by atomic mass is 35.5. The number of hydrogen-bond acceptors (Lipinski definition) is 5. The second-order valence-electron chi connectivity index (χ2n) is 7.56. The number of aromatic nitrogens is 1. The maximum Gasteiger partial charge on any atom is 0.288 e. The minimum Gasteiger partial charge on any atom is -0.272 e. The monoisotopic (exact) mass is 507 g/mol. The van der Waals surface area contributed by atoms with Crippen LogP contribution in [0, 0.1) is 10.1 Å². The van der Waals surface area contributed by atoms with E-state index in [2.05, 4.69) is 0 Å². The Morgan fingerprint density at radius 3 is 2.47 bits per heavy atom. The zero-order valence-corrected chi connectivity index (χ0v) is 19.7. The molecule has 1 aromatic heterocycles. The van der Waals surface area contributed by atoms with E-state index < -0.39 is 4.92 Å². The highest BCUT2D eigenvalue weighted by molar-refractivity contribution is 7.07. The Kier molecular flexibility index (Phi) is 5.91. The van der Waals surface area contributed by atoms with E-state index in [0.29, 0.717) is 19.9 Å². The van der Waals surface area contributed by atoms with Gasteiger partial charge in [0, 0.05) is 11.1 Å². The first kappa shape index (κ1) is 22.3. The number of nitro benzene ring substituents is 1. The van der Waals surface area contributed by atoms with Gasteiger partial charge in [-0.05, 0) is 47.0 Å². The average molecular weight is 508 g/mol. The van der Waals surface area contributed by atoms with Gasteiger partial charge < -0.3 is 0 Å². The summed E-state index contributed by atoms with van der Waals surface area (Å²) in [4.78, 5) is 29.5. The molecule has 34 heavy (non-hydrogen) atoms. The van der Waals surface area contributed by atoms with Gasteiger partial charge in [0.25, 0.3) is 11.2 Å². The maximum atomic E-state index is 13.5. The fourth-order valence-corrected chi connectivity index (χ4v) is 5.09. The number of benzene rings is 3. The average Bonchev–Trinajstić information content (AvgIpc) is 3.15. The predicted molar refractivity (Wildman–Crippen MR) is 135 cm³/mol. The molecule has 1 aliphatic rings. The number of rotatable bonds is 4. The molecule has 9 heteroatoms. The van der Waals surface area contributed by atoms with E-state index in [9.17, 15) is 14.9 Å². The molecule has 1 atom stereocenters. The van der Waals surface area contributed by atoms with Crippen molar-refractivity contribution < 1.29 is 4.92 Å². The molecule has 1 unspecified atom stereocenters. The molecule has 0 amide bonds. The number of thiazole rings is 1. The summed E-state index contributed by atoms with van der Waals surface area (Å²) < 4.78 is 2.05. The van der Waals surface area contributed by atoms with Crippen molar-refractivity contribution in [3.63, 3.8) is 0 Å². The molecule has 0 saturated heterocycles. The molecule has 168 valence electrons. The number of nitro groups is 1. The standard InChI is InChI=1S/C25H15Cl2N3O3S/c26-18-9-7-17(8-10-18)21-14-20(16-4-2-1-3-5-16)28-25-29(21)24(31)23(34-25)13-15-6-11-19(27)22(12-15)30(32)33/h1-14,21H. The molecule has 6 nitrogen and oxygen atoms in total. The van der Waals surface area contributed by atoms with Crippen molar-refractivity contribution in [3.8, 4) is 0 Å². The predicted octanol–water partition coefficient (Wildman–Crippen LogP) is 5.22. The van der Waals surface area contributed by atoms with Crippen LogP contribution < -0.4 is 14.9 Å². The Morgan fingerprint density at radius 1 is 1.03 bits per heavy atom. The number of nitrogens with zero attached hydrogens (tertiary/aromatic N) is 3. The van der Waals surface area contributed by atoms with Crippen LogP contribution in [0.5, 0.6) is 0 Å². The smallest absolute Gasteiger partial charge is 0.272 e. The van der Waals surface area contributed by atoms with Crippen molar-refractivity contribution >= 4 is 52.0 Å². The minimum absolute atomic E-state index is 0.0406. The number of allylic oxidation sites excluding steroid dienone is 1. The van der Waals surface area contributed by atoms with Crippen LogP contribution >= 0.6 is 34.5 Å². The zero-order valence-electron chi connectivity index (χ0n) is 17.4. The van der Waals surface area contributed by atoms with Crippen molar-refractivity contribution in [2.45, 2.75) is 6.04 Å². The van der Waals surface area contributed by atoms with E-state index >= 15 is 0 Å². The lowest BCUT2D eigenvalue weighted by atomic mass is 10.0. The van der Waals surface area contributed by atoms with E-state index in [0.717, 1.165) is 16.8 Å². The first-order valence-corrected chi connectivity index (χ1v) is 11.8. The highest BCUT2D eigenvalue weighted by Crippen LogP contribution is 2.28. The summed E-state index contributed by atoms with van der Waals surface area (Å²) >= 11 is 13.2. The Balaban J connectivity index is 1.71. The molecule has 4 aromatic rings. The molecule has 1 aliphatic heterocycles. The van der Waals surface area contributed by atoms with E-state index in [1.165, 1.54) is 23.5 Å². The van der Waals surface area contributed by atoms with E-state index in [1.54, 1.807) is 28.8 Å². The highest BCUT2D eigenvalue weighted by Gasteiger charge is 2.22. The first-order valence-electron chi connectivity index (χ1n) is 10.2. The molecule has 0 fully saturated rings. The van der Waals surface area contributed by atoms with E-state index in [-0.39, 0.29) is 22.3 Å².